The molecule has 1 aromatic rings. The molecular weight excluding hydrogens is 409 g/mol. The number of rotatable bonds is 6. The minimum Gasteiger partial charge on any atom is -0.370 e. The van der Waals surface area contributed by atoms with Gasteiger partial charge in [-0.1, -0.05) is 13.8 Å². The van der Waals surface area contributed by atoms with Crippen LogP contribution in [0.1, 0.15) is 19.4 Å². The van der Waals surface area contributed by atoms with E-state index in [1.54, 1.807) is 0 Å². The molecule has 1 aliphatic heterocycles. The first-order valence-electron chi connectivity index (χ1n) is 8.91. The largest absolute Gasteiger partial charge is 0.418 e. The zero-order valence-electron chi connectivity index (χ0n) is 16.2. The summed E-state index contributed by atoms with van der Waals surface area (Å²) in [6, 6.07) is 1.04. The molecule has 4 amide bonds. The van der Waals surface area contributed by atoms with Crippen molar-refractivity contribution in [3.63, 3.8) is 0 Å². The van der Waals surface area contributed by atoms with E-state index >= 15 is 0 Å². The second-order valence-electron chi connectivity index (χ2n) is 6.81. The smallest absolute Gasteiger partial charge is 0.370 e. The summed E-state index contributed by atoms with van der Waals surface area (Å²) in [5, 5.41) is 4.07. The van der Waals surface area contributed by atoms with Crippen LogP contribution in [0.5, 0.6) is 0 Å². The van der Waals surface area contributed by atoms with E-state index in [1.165, 1.54) is 19.9 Å². The number of benzene rings is 1. The van der Waals surface area contributed by atoms with Crippen molar-refractivity contribution in [2.75, 3.05) is 30.0 Å². The Kier molecular flexibility index (Phi) is 7.03. The first-order valence-corrected chi connectivity index (χ1v) is 8.91. The highest BCUT2D eigenvalue weighted by molar-refractivity contribution is 6.12. The fraction of sp³-hybridized carbons (Fsp3) is 0.444. The molecule has 12 heteroatoms. The third-order valence-corrected chi connectivity index (χ3v) is 4.22. The van der Waals surface area contributed by atoms with Gasteiger partial charge in [0.1, 0.15) is 6.61 Å². The van der Waals surface area contributed by atoms with Crippen molar-refractivity contribution in [3.8, 4) is 0 Å². The number of hydrogen-bond donors (Lipinski definition) is 3. The normalized spacial score (nSPS) is 15.7. The lowest BCUT2D eigenvalue weighted by atomic mass is 10.1. The van der Waals surface area contributed by atoms with Gasteiger partial charge in [0.25, 0.3) is 11.8 Å². The maximum Gasteiger partial charge on any atom is 0.418 e. The van der Waals surface area contributed by atoms with Crippen molar-refractivity contribution >= 4 is 35.0 Å². The van der Waals surface area contributed by atoms with Crippen LogP contribution in [0.15, 0.2) is 18.2 Å². The summed E-state index contributed by atoms with van der Waals surface area (Å²) in [4.78, 5) is 48.7. The van der Waals surface area contributed by atoms with Crippen molar-refractivity contribution in [1.29, 1.82) is 0 Å². The number of nitrogens with two attached hydrogens (primary N) is 1. The number of amides is 4. The Balaban J connectivity index is 2.33. The first-order chi connectivity index (χ1) is 13.9. The fourth-order valence-corrected chi connectivity index (χ4v) is 2.61. The Morgan fingerprint density at radius 1 is 1.20 bits per heavy atom. The standard InChI is InChI=1S/C18H21F3N4O5/c1-9(2)16(28)24-14(15(22)27)17(29)23-12-4-3-10(7-11(12)18(19,20)21)25-5-6-30-8-13(25)26/h3-4,7,9,14H,5-6,8H2,1-2H3,(H2,22,27)(H,23,29)(H,24,28)/t14-/m1/s1. The number of carbonyl (C=O) groups excluding carboxylic acids is 4. The highest BCUT2D eigenvalue weighted by atomic mass is 19.4. The van der Waals surface area contributed by atoms with Crippen LogP contribution in [0.2, 0.25) is 0 Å². The summed E-state index contributed by atoms with van der Waals surface area (Å²) in [6.07, 6.45) is -4.88. The van der Waals surface area contributed by atoms with Gasteiger partial charge >= 0.3 is 6.18 Å². The van der Waals surface area contributed by atoms with E-state index in [9.17, 15) is 32.3 Å². The quantitative estimate of drug-likeness (QED) is 0.570. The van der Waals surface area contributed by atoms with Crippen LogP contribution in [0, 0.1) is 5.92 Å². The Labute approximate surface area is 169 Å². The Morgan fingerprint density at radius 2 is 1.87 bits per heavy atom. The lowest BCUT2D eigenvalue weighted by Gasteiger charge is -2.28. The number of alkyl halides is 3. The van der Waals surface area contributed by atoms with Crippen LogP contribution in [0.25, 0.3) is 0 Å². The second-order valence-corrected chi connectivity index (χ2v) is 6.81. The predicted octanol–water partition coefficient (Wildman–Crippen LogP) is 0.633. The Hall–Kier alpha value is -3.15. The molecule has 0 spiro atoms. The van der Waals surface area contributed by atoms with E-state index in [2.05, 4.69) is 5.32 Å². The van der Waals surface area contributed by atoms with Crippen molar-refractivity contribution in [2.45, 2.75) is 26.1 Å². The van der Waals surface area contributed by atoms with Gasteiger partial charge in [0, 0.05) is 18.2 Å². The molecule has 1 aromatic carbocycles. The van der Waals surface area contributed by atoms with Gasteiger partial charge in [-0.25, -0.2) is 0 Å². The van der Waals surface area contributed by atoms with Crippen LogP contribution in [-0.4, -0.2) is 49.4 Å². The van der Waals surface area contributed by atoms with Gasteiger partial charge < -0.3 is 26.0 Å². The zero-order chi connectivity index (χ0) is 22.6. The molecular formula is C18H21F3N4O5. The third-order valence-electron chi connectivity index (χ3n) is 4.22. The van der Waals surface area contributed by atoms with E-state index in [0.29, 0.717) is 6.07 Å². The number of ether oxygens (including phenoxy) is 1. The molecule has 0 aromatic heterocycles. The van der Waals surface area contributed by atoms with Crippen LogP contribution >= 0.6 is 0 Å². The molecule has 1 aliphatic rings. The zero-order valence-corrected chi connectivity index (χ0v) is 16.2. The molecule has 0 bridgehead atoms. The number of anilines is 2. The third kappa shape index (κ3) is 5.47. The van der Waals surface area contributed by atoms with Gasteiger partial charge in [-0.2, -0.15) is 13.2 Å². The number of primary amides is 1. The molecule has 0 aliphatic carbocycles. The monoisotopic (exact) mass is 430 g/mol. The second kappa shape index (κ2) is 9.11. The number of hydrogen-bond acceptors (Lipinski definition) is 5. The van der Waals surface area contributed by atoms with Crippen molar-refractivity contribution < 1.29 is 37.1 Å². The molecule has 1 atom stereocenters. The summed E-state index contributed by atoms with van der Waals surface area (Å²) in [7, 11) is 0. The molecule has 0 saturated carbocycles. The highest BCUT2D eigenvalue weighted by Gasteiger charge is 2.36. The number of morpholine rings is 1. The highest BCUT2D eigenvalue weighted by Crippen LogP contribution is 2.37. The molecule has 1 fully saturated rings. The minimum atomic E-state index is -4.88. The van der Waals surface area contributed by atoms with Crippen LogP contribution in [0.3, 0.4) is 0 Å². The number of nitrogens with one attached hydrogen (secondary N) is 2. The first kappa shape index (κ1) is 23.1. The van der Waals surface area contributed by atoms with Gasteiger partial charge in [0.15, 0.2) is 6.04 Å². The van der Waals surface area contributed by atoms with Crippen molar-refractivity contribution in [1.82, 2.24) is 5.32 Å². The summed E-state index contributed by atoms with van der Waals surface area (Å²) >= 11 is 0. The van der Waals surface area contributed by atoms with E-state index in [0.717, 1.165) is 11.0 Å². The van der Waals surface area contributed by atoms with Crippen LogP contribution in [-0.2, 0) is 30.1 Å². The minimum absolute atomic E-state index is 0.0202. The Bertz CT molecular complexity index is 857. The van der Waals surface area contributed by atoms with E-state index < -0.39 is 53.0 Å². The lowest BCUT2D eigenvalue weighted by molar-refractivity contribution is -0.137. The maximum absolute atomic E-state index is 13.6. The average Bonchev–Trinajstić information content (AvgIpc) is 2.65. The summed E-state index contributed by atoms with van der Waals surface area (Å²) in [5.74, 6) is -4.22. The van der Waals surface area contributed by atoms with Gasteiger partial charge in [0.2, 0.25) is 11.8 Å². The number of nitrogens with zero attached hydrogens (tertiary/aromatic N) is 1. The molecule has 0 radical (unpaired) electrons. The summed E-state index contributed by atoms with van der Waals surface area (Å²) < 4.78 is 45.7. The van der Waals surface area contributed by atoms with Crippen molar-refractivity contribution in [3.05, 3.63) is 23.8 Å². The summed E-state index contributed by atoms with van der Waals surface area (Å²) in [6.45, 7) is 2.99. The summed E-state index contributed by atoms with van der Waals surface area (Å²) in [5.41, 5.74) is 3.21. The van der Waals surface area contributed by atoms with Gasteiger partial charge in [-0.3, -0.25) is 19.2 Å². The Morgan fingerprint density at radius 3 is 2.40 bits per heavy atom. The van der Waals surface area contributed by atoms with Gasteiger partial charge in [-0.15, -0.1) is 0 Å². The maximum atomic E-state index is 13.6. The van der Waals surface area contributed by atoms with Crippen LogP contribution < -0.4 is 21.3 Å². The predicted molar refractivity (Wildman–Crippen MR) is 99.2 cm³/mol. The molecule has 1 heterocycles. The fourth-order valence-electron chi connectivity index (χ4n) is 2.61. The molecule has 0 unspecified atom stereocenters. The molecule has 2 rings (SSSR count). The van der Waals surface area contributed by atoms with E-state index in [4.69, 9.17) is 10.5 Å². The van der Waals surface area contributed by atoms with Gasteiger partial charge in [0.05, 0.1) is 17.9 Å². The molecule has 4 N–H and O–H groups in total. The number of halogens is 3. The van der Waals surface area contributed by atoms with E-state index in [1.807, 2.05) is 5.32 Å². The molecule has 1 saturated heterocycles. The topological polar surface area (TPSA) is 131 Å². The SMILES string of the molecule is CC(C)C(=O)N[C@H](C(N)=O)C(=O)Nc1ccc(N2CCOCC2=O)cc1C(F)(F)F. The molecule has 30 heavy (non-hydrogen) atoms. The number of carbonyl (C=O) groups is 4. The molecule has 9 nitrogen and oxygen atoms in total. The van der Waals surface area contributed by atoms with E-state index in [-0.39, 0.29) is 25.4 Å². The average molecular weight is 430 g/mol. The lowest BCUT2D eigenvalue weighted by Crippen LogP contribution is -2.52. The van der Waals surface area contributed by atoms with Crippen molar-refractivity contribution in [2.24, 2.45) is 11.7 Å². The van der Waals surface area contributed by atoms with Gasteiger partial charge in [-0.05, 0) is 18.2 Å². The van der Waals surface area contributed by atoms with Crippen LogP contribution in [0.4, 0.5) is 24.5 Å². The molecule has 164 valence electrons.